The van der Waals surface area contributed by atoms with Crippen molar-refractivity contribution in [2.24, 2.45) is 0 Å². The number of aryl methyl sites for hydroxylation is 3. The van der Waals surface area contributed by atoms with Crippen LogP contribution in [0.4, 0.5) is 0 Å². The maximum absolute atomic E-state index is 13.5. The molecule has 0 aliphatic carbocycles. The first-order chi connectivity index (χ1) is 15.8. The molecule has 2 N–H and O–H groups in total. The number of amides is 1. The fraction of sp³-hybridized carbons (Fsp3) is 0.185. The van der Waals surface area contributed by atoms with E-state index in [1.54, 1.807) is 12.1 Å². The average molecular weight is 458 g/mol. The van der Waals surface area contributed by atoms with Gasteiger partial charge < -0.3 is 10.0 Å². The number of rotatable bonds is 4. The molecule has 33 heavy (non-hydrogen) atoms. The molecule has 3 aromatic carbocycles. The Labute approximate surface area is 197 Å². The topological polar surface area (TPSA) is 69.2 Å². The van der Waals surface area contributed by atoms with E-state index in [0.717, 1.165) is 27.8 Å². The molecule has 0 saturated carbocycles. The lowest BCUT2D eigenvalue weighted by Crippen LogP contribution is -2.29. The Bertz CT molecular complexity index is 1360. The van der Waals surface area contributed by atoms with E-state index in [0.29, 0.717) is 28.5 Å². The van der Waals surface area contributed by atoms with Gasteiger partial charge in [-0.1, -0.05) is 71.3 Å². The fourth-order valence-electron chi connectivity index (χ4n) is 4.41. The summed E-state index contributed by atoms with van der Waals surface area (Å²) in [7, 11) is 0. The van der Waals surface area contributed by atoms with Crippen molar-refractivity contribution < 1.29 is 9.90 Å². The summed E-state index contributed by atoms with van der Waals surface area (Å²) >= 11 is 6.38. The molecule has 4 aromatic rings. The Morgan fingerprint density at radius 3 is 2.30 bits per heavy atom. The van der Waals surface area contributed by atoms with Gasteiger partial charge in [0.15, 0.2) is 0 Å². The lowest BCUT2D eigenvalue weighted by Gasteiger charge is -2.27. The number of phenols is 1. The van der Waals surface area contributed by atoms with Gasteiger partial charge in [-0.3, -0.25) is 9.89 Å². The van der Waals surface area contributed by atoms with Crippen LogP contribution in [0.15, 0.2) is 60.7 Å². The van der Waals surface area contributed by atoms with Crippen molar-refractivity contribution in [3.8, 4) is 17.0 Å². The minimum atomic E-state index is -0.345. The molecule has 6 heteroatoms. The minimum Gasteiger partial charge on any atom is -0.507 e. The van der Waals surface area contributed by atoms with Gasteiger partial charge in [0.25, 0.3) is 5.91 Å². The summed E-state index contributed by atoms with van der Waals surface area (Å²) in [4.78, 5) is 15.4. The van der Waals surface area contributed by atoms with Crippen LogP contribution in [0, 0.1) is 20.8 Å². The molecule has 166 valence electrons. The number of nitrogens with zero attached hydrogens (tertiary/aromatic N) is 2. The monoisotopic (exact) mass is 457 g/mol. The lowest BCUT2D eigenvalue weighted by molar-refractivity contribution is 0.0730. The zero-order valence-corrected chi connectivity index (χ0v) is 19.4. The van der Waals surface area contributed by atoms with Crippen molar-refractivity contribution in [3.63, 3.8) is 0 Å². The van der Waals surface area contributed by atoms with Gasteiger partial charge in [0.05, 0.1) is 6.04 Å². The summed E-state index contributed by atoms with van der Waals surface area (Å²) in [6, 6.07) is 19.4. The number of halogens is 1. The van der Waals surface area contributed by atoms with Crippen LogP contribution in [0.3, 0.4) is 0 Å². The Hall–Kier alpha value is -3.57. The van der Waals surface area contributed by atoms with Gasteiger partial charge in [-0.2, -0.15) is 5.10 Å². The van der Waals surface area contributed by atoms with Crippen LogP contribution in [-0.2, 0) is 6.54 Å². The predicted octanol–water partition coefficient (Wildman–Crippen LogP) is 6.11. The van der Waals surface area contributed by atoms with E-state index in [2.05, 4.69) is 22.3 Å². The molecular weight excluding hydrogens is 434 g/mol. The molecule has 5 rings (SSSR count). The first kappa shape index (κ1) is 21.3. The third-order valence-electron chi connectivity index (χ3n) is 6.26. The van der Waals surface area contributed by atoms with E-state index in [1.807, 2.05) is 62.1 Å². The van der Waals surface area contributed by atoms with Crippen molar-refractivity contribution in [3.05, 3.63) is 105 Å². The van der Waals surface area contributed by atoms with E-state index < -0.39 is 0 Å². The van der Waals surface area contributed by atoms with Gasteiger partial charge in [0.1, 0.15) is 17.1 Å². The normalized spacial score (nSPS) is 15.2. The summed E-state index contributed by atoms with van der Waals surface area (Å²) < 4.78 is 0. The Kier molecular flexibility index (Phi) is 5.22. The lowest BCUT2D eigenvalue weighted by atomic mass is 9.94. The second-order valence-electron chi connectivity index (χ2n) is 8.71. The summed E-state index contributed by atoms with van der Waals surface area (Å²) in [6.45, 7) is 6.37. The van der Waals surface area contributed by atoms with E-state index in [-0.39, 0.29) is 17.7 Å². The number of aromatic nitrogens is 2. The third kappa shape index (κ3) is 3.68. The highest BCUT2D eigenvalue weighted by Crippen LogP contribution is 2.45. The molecule has 0 bridgehead atoms. The van der Waals surface area contributed by atoms with Crippen molar-refractivity contribution in [2.45, 2.75) is 33.4 Å². The maximum Gasteiger partial charge on any atom is 0.273 e. The number of hydrogen-bond donors (Lipinski definition) is 2. The van der Waals surface area contributed by atoms with E-state index in [4.69, 9.17) is 11.6 Å². The molecule has 1 aliphatic rings. The van der Waals surface area contributed by atoms with E-state index in [9.17, 15) is 9.90 Å². The molecule has 1 atom stereocenters. The van der Waals surface area contributed by atoms with Gasteiger partial charge >= 0.3 is 0 Å². The number of benzene rings is 3. The number of hydrogen-bond acceptors (Lipinski definition) is 3. The third-order valence-corrected chi connectivity index (χ3v) is 6.67. The van der Waals surface area contributed by atoms with E-state index >= 15 is 0 Å². The Morgan fingerprint density at radius 2 is 1.64 bits per heavy atom. The second kappa shape index (κ2) is 8.09. The molecule has 1 aliphatic heterocycles. The Balaban J connectivity index is 1.66. The molecule has 2 heterocycles. The van der Waals surface area contributed by atoms with Crippen molar-refractivity contribution in [2.75, 3.05) is 0 Å². The molecule has 0 spiro atoms. The first-order valence-corrected chi connectivity index (χ1v) is 11.2. The van der Waals surface area contributed by atoms with Crippen molar-refractivity contribution in [1.82, 2.24) is 15.1 Å². The number of carbonyl (C=O) groups excluding carboxylic acids is 1. The van der Waals surface area contributed by atoms with Crippen LogP contribution in [0.2, 0.25) is 5.02 Å². The number of carbonyl (C=O) groups is 1. The number of nitrogens with one attached hydrogen (secondary N) is 1. The number of fused-ring (bicyclic) bond motifs is 1. The smallest absolute Gasteiger partial charge is 0.273 e. The van der Waals surface area contributed by atoms with Gasteiger partial charge in [0, 0.05) is 22.7 Å². The average Bonchev–Trinajstić information content (AvgIpc) is 3.32. The predicted molar refractivity (Wildman–Crippen MR) is 130 cm³/mol. The maximum atomic E-state index is 13.5. The largest absolute Gasteiger partial charge is 0.507 e. The summed E-state index contributed by atoms with van der Waals surface area (Å²) in [5.74, 6) is -0.0362. The number of aromatic amines is 1. The van der Waals surface area contributed by atoms with E-state index in [1.165, 1.54) is 5.56 Å². The highest BCUT2D eigenvalue weighted by Gasteiger charge is 2.42. The zero-order valence-electron chi connectivity index (χ0n) is 18.7. The molecule has 1 aromatic heterocycles. The van der Waals surface area contributed by atoms with Gasteiger partial charge in [-0.25, -0.2) is 0 Å². The molecule has 0 radical (unpaired) electrons. The standard InChI is InChI=1S/C27H24ClN3O2/c1-15-4-8-18(9-5-15)14-31-26(19-10-6-16(2)7-11-19)23-24(29-30-25(23)27(31)33)20-13-21(28)17(3)12-22(20)32/h4-13,26,32H,14H2,1-3H3,(H,29,30). The van der Waals surface area contributed by atoms with Crippen LogP contribution in [0.25, 0.3) is 11.3 Å². The van der Waals surface area contributed by atoms with Crippen LogP contribution in [0.1, 0.15) is 49.9 Å². The highest BCUT2D eigenvalue weighted by atomic mass is 35.5. The molecule has 5 nitrogen and oxygen atoms in total. The molecular formula is C27H24ClN3O2. The van der Waals surface area contributed by atoms with Gasteiger partial charge in [-0.15, -0.1) is 0 Å². The van der Waals surface area contributed by atoms with Crippen LogP contribution >= 0.6 is 11.6 Å². The van der Waals surface area contributed by atoms with Gasteiger partial charge in [-0.05, 0) is 49.6 Å². The number of H-pyrrole nitrogens is 1. The molecule has 1 unspecified atom stereocenters. The van der Waals surface area contributed by atoms with Crippen molar-refractivity contribution >= 4 is 17.5 Å². The molecule has 0 saturated heterocycles. The fourth-order valence-corrected chi connectivity index (χ4v) is 4.57. The molecule has 1 amide bonds. The summed E-state index contributed by atoms with van der Waals surface area (Å²) in [5, 5.41) is 18.6. The van der Waals surface area contributed by atoms with Crippen LogP contribution in [-0.4, -0.2) is 26.1 Å². The second-order valence-corrected chi connectivity index (χ2v) is 9.12. The minimum absolute atomic E-state index is 0.0817. The Morgan fingerprint density at radius 1 is 1.00 bits per heavy atom. The summed E-state index contributed by atoms with van der Waals surface area (Å²) in [5.41, 5.74) is 7.36. The zero-order chi connectivity index (χ0) is 23.3. The van der Waals surface area contributed by atoms with Crippen molar-refractivity contribution in [1.29, 1.82) is 0 Å². The molecule has 0 fully saturated rings. The first-order valence-electron chi connectivity index (χ1n) is 10.8. The van der Waals surface area contributed by atoms with Crippen LogP contribution < -0.4 is 0 Å². The van der Waals surface area contributed by atoms with Crippen LogP contribution in [0.5, 0.6) is 5.75 Å². The number of phenolic OH excluding ortho intramolecular Hbond substituents is 1. The number of aromatic hydroxyl groups is 1. The quantitative estimate of drug-likeness (QED) is 0.388. The van der Waals surface area contributed by atoms with Gasteiger partial charge in [0.2, 0.25) is 0 Å². The summed E-state index contributed by atoms with van der Waals surface area (Å²) in [6.07, 6.45) is 0. The SMILES string of the molecule is Cc1ccc(CN2C(=O)c3[nH]nc(-c4cc(Cl)c(C)cc4O)c3C2c2ccc(C)cc2)cc1. The highest BCUT2D eigenvalue weighted by molar-refractivity contribution is 6.31.